The fourth-order valence-electron chi connectivity index (χ4n) is 1.95. The van der Waals surface area contributed by atoms with Crippen LogP contribution in [0.4, 0.5) is 11.4 Å². The fraction of sp³-hybridized carbons (Fsp3) is 0.0833. The Kier molecular flexibility index (Phi) is 2.71. The molecule has 4 heteroatoms. The van der Waals surface area contributed by atoms with Crippen LogP contribution < -0.4 is 10.6 Å². The van der Waals surface area contributed by atoms with E-state index in [1.165, 1.54) is 10.8 Å². The molecule has 2 aromatic carbocycles. The zero-order valence-electron chi connectivity index (χ0n) is 8.82. The number of halogens is 1. The van der Waals surface area contributed by atoms with E-state index in [0.29, 0.717) is 0 Å². The number of hydrogen-bond acceptors (Lipinski definition) is 1. The van der Waals surface area contributed by atoms with Gasteiger partial charge in [-0.25, -0.2) is 0 Å². The molecule has 0 saturated heterocycles. The van der Waals surface area contributed by atoms with Crippen molar-refractivity contribution < 1.29 is 0 Å². The van der Waals surface area contributed by atoms with Gasteiger partial charge in [-0.2, -0.15) is 0 Å². The molecule has 0 amide bonds. The van der Waals surface area contributed by atoms with Crippen molar-refractivity contribution in [2.24, 2.45) is 4.99 Å². The first-order chi connectivity index (χ1) is 7.38. The average Bonchev–Trinajstić information content (AvgIpc) is 2.29. The van der Waals surface area contributed by atoms with Gasteiger partial charge in [0.1, 0.15) is 0 Å². The first-order valence-electron chi connectivity index (χ1n) is 4.91. The summed E-state index contributed by atoms with van der Waals surface area (Å²) in [5, 5.41) is 8.96. The Balaban J connectivity index is 0.000000963. The first kappa shape index (κ1) is 10.8. The maximum Gasteiger partial charge on any atom is 0.200 e. The third kappa shape index (κ3) is 1.49. The molecular formula is C12H12ClN3. The number of guanidine groups is 1. The molecule has 0 aromatic heterocycles. The van der Waals surface area contributed by atoms with Crippen molar-refractivity contribution >= 4 is 40.5 Å². The molecule has 0 atom stereocenters. The number of nitrogens with one attached hydrogen (secondary N) is 2. The van der Waals surface area contributed by atoms with E-state index in [9.17, 15) is 0 Å². The van der Waals surface area contributed by atoms with E-state index in [2.05, 4.69) is 39.9 Å². The zero-order chi connectivity index (χ0) is 10.3. The molecule has 2 N–H and O–H groups in total. The number of benzene rings is 2. The SMILES string of the molecule is CN=C1Nc2cccc3cccc(c23)N1.Cl. The molecule has 3 rings (SSSR count). The van der Waals surface area contributed by atoms with Crippen molar-refractivity contribution in [1.82, 2.24) is 0 Å². The minimum absolute atomic E-state index is 0. The van der Waals surface area contributed by atoms with Gasteiger partial charge in [0.2, 0.25) is 0 Å². The summed E-state index contributed by atoms with van der Waals surface area (Å²) in [5.74, 6) is 0.793. The lowest BCUT2D eigenvalue weighted by Gasteiger charge is -2.21. The van der Waals surface area contributed by atoms with Crippen LogP contribution in [0.1, 0.15) is 0 Å². The van der Waals surface area contributed by atoms with Gasteiger partial charge in [0.05, 0.1) is 11.4 Å². The number of rotatable bonds is 0. The third-order valence-corrected chi connectivity index (χ3v) is 2.63. The van der Waals surface area contributed by atoms with Crippen LogP contribution in [0, 0.1) is 0 Å². The molecule has 82 valence electrons. The van der Waals surface area contributed by atoms with Crippen molar-refractivity contribution in [1.29, 1.82) is 0 Å². The summed E-state index contributed by atoms with van der Waals surface area (Å²) >= 11 is 0. The summed E-state index contributed by atoms with van der Waals surface area (Å²) in [5.41, 5.74) is 2.23. The normalized spacial score (nSPS) is 12.4. The van der Waals surface area contributed by atoms with Crippen molar-refractivity contribution in [2.45, 2.75) is 0 Å². The van der Waals surface area contributed by atoms with Crippen LogP contribution in [0.3, 0.4) is 0 Å². The molecule has 16 heavy (non-hydrogen) atoms. The van der Waals surface area contributed by atoms with Gasteiger partial charge in [0.15, 0.2) is 5.96 Å². The topological polar surface area (TPSA) is 36.4 Å². The van der Waals surface area contributed by atoms with Crippen LogP contribution in [-0.2, 0) is 0 Å². The van der Waals surface area contributed by atoms with Crippen LogP contribution in [0.25, 0.3) is 10.8 Å². The summed E-state index contributed by atoms with van der Waals surface area (Å²) in [6.07, 6.45) is 0. The molecule has 2 aromatic rings. The Labute approximate surface area is 100.0 Å². The van der Waals surface area contributed by atoms with Crippen molar-refractivity contribution in [2.75, 3.05) is 17.7 Å². The minimum Gasteiger partial charge on any atom is -0.325 e. The largest absolute Gasteiger partial charge is 0.325 e. The summed E-state index contributed by atoms with van der Waals surface area (Å²) in [6.45, 7) is 0. The van der Waals surface area contributed by atoms with Crippen molar-refractivity contribution in [3.63, 3.8) is 0 Å². The molecule has 0 aliphatic carbocycles. The Hall–Kier alpha value is -1.74. The Morgan fingerprint density at radius 3 is 2.00 bits per heavy atom. The van der Waals surface area contributed by atoms with E-state index in [4.69, 9.17) is 0 Å². The zero-order valence-corrected chi connectivity index (χ0v) is 9.64. The summed E-state index contributed by atoms with van der Waals surface area (Å²) < 4.78 is 0. The number of anilines is 2. The molecular weight excluding hydrogens is 222 g/mol. The van der Waals surface area contributed by atoms with E-state index in [-0.39, 0.29) is 12.4 Å². The van der Waals surface area contributed by atoms with Crippen molar-refractivity contribution in [3.05, 3.63) is 36.4 Å². The third-order valence-electron chi connectivity index (χ3n) is 2.63. The van der Waals surface area contributed by atoms with Crippen LogP contribution in [0.15, 0.2) is 41.4 Å². The smallest absolute Gasteiger partial charge is 0.200 e. The van der Waals surface area contributed by atoms with Crippen molar-refractivity contribution in [3.8, 4) is 0 Å². The fourth-order valence-corrected chi connectivity index (χ4v) is 1.95. The van der Waals surface area contributed by atoms with Gasteiger partial charge in [-0.3, -0.25) is 4.99 Å². The molecule has 1 heterocycles. The monoisotopic (exact) mass is 233 g/mol. The van der Waals surface area contributed by atoms with Gasteiger partial charge in [0, 0.05) is 12.4 Å². The highest BCUT2D eigenvalue weighted by atomic mass is 35.5. The predicted molar refractivity (Wildman–Crippen MR) is 71.8 cm³/mol. The molecule has 0 fully saturated rings. The van der Waals surface area contributed by atoms with Gasteiger partial charge in [-0.1, -0.05) is 24.3 Å². The molecule has 0 bridgehead atoms. The van der Waals surface area contributed by atoms with Crippen LogP contribution in [0.5, 0.6) is 0 Å². The van der Waals surface area contributed by atoms with E-state index in [1.807, 2.05) is 12.1 Å². The molecule has 1 aliphatic rings. The average molecular weight is 234 g/mol. The second-order valence-electron chi connectivity index (χ2n) is 3.53. The Morgan fingerprint density at radius 1 is 0.938 bits per heavy atom. The highest BCUT2D eigenvalue weighted by molar-refractivity contribution is 6.19. The van der Waals surface area contributed by atoms with Gasteiger partial charge in [-0.15, -0.1) is 12.4 Å². The van der Waals surface area contributed by atoms with E-state index >= 15 is 0 Å². The second-order valence-corrected chi connectivity index (χ2v) is 3.53. The molecule has 0 spiro atoms. The lowest BCUT2D eigenvalue weighted by Crippen LogP contribution is -2.25. The highest BCUT2D eigenvalue weighted by Gasteiger charge is 2.13. The van der Waals surface area contributed by atoms with E-state index in [1.54, 1.807) is 7.05 Å². The molecule has 0 unspecified atom stereocenters. The van der Waals surface area contributed by atoms with Gasteiger partial charge < -0.3 is 10.6 Å². The molecule has 3 nitrogen and oxygen atoms in total. The predicted octanol–water partition coefficient (Wildman–Crippen LogP) is 3.08. The van der Waals surface area contributed by atoms with Gasteiger partial charge in [0.25, 0.3) is 0 Å². The first-order valence-corrected chi connectivity index (χ1v) is 4.91. The highest BCUT2D eigenvalue weighted by Crippen LogP contribution is 2.33. The number of aliphatic imine (C=N–C) groups is 1. The standard InChI is InChI=1S/C12H11N3.ClH/c1-13-12-14-9-6-2-4-8-5-3-7-10(15-12)11(8)9;/h2-7H,1H3,(H2,13,14,15);1H. The van der Waals surface area contributed by atoms with Gasteiger partial charge >= 0.3 is 0 Å². The maximum atomic E-state index is 4.13. The van der Waals surface area contributed by atoms with Gasteiger partial charge in [-0.05, 0) is 17.5 Å². The summed E-state index contributed by atoms with van der Waals surface area (Å²) in [4.78, 5) is 4.13. The van der Waals surface area contributed by atoms with Crippen LogP contribution in [0.2, 0.25) is 0 Å². The lowest BCUT2D eigenvalue weighted by atomic mass is 10.1. The minimum atomic E-state index is 0. The lowest BCUT2D eigenvalue weighted by molar-refractivity contribution is 1.39. The van der Waals surface area contributed by atoms with E-state index in [0.717, 1.165) is 17.3 Å². The molecule has 0 saturated carbocycles. The Morgan fingerprint density at radius 2 is 1.50 bits per heavy atom. The molecule has 0 radical (unpaired) electrons. The van der Waals surface area contributed by atoms with E-state index < -0.39 is 0 Å². The van der Waals surface area contributed by atoms with Crippen LogP contribution in [-0.4, -0.2) is 13.0 Å². The molecule has 1 aliphatic heterocycles. The summed E-state index contributed by atoms with van der Waals surface area (Å²) in [7, 11) is 1.77. The maximum absolute atomic E-state index is 4.13. The number of hydrogen-bond donors (Lipinski definition) is 2. The summed E-state index contributed by atoms with van der Waals surface area (Å²) in [6, 6.07) is 12.5. The Bertz CT molecular complexity index is 520. The van der Waals surface area contributed by atoms with Crippen LogP contribution >= 0.6 is 12.4 Å². The number of nitrogens with zero attached hydrogens (tertiary/aromatic N) is 1. The quantitative estimate of drug-likeness (QED) is 0.734. The second kappa shape index (κ2) is 4.02.